The molecular weight excluding hydrogens is 218 g/mol. The van der Waals surface area contributed by atoms with Crippen LogP contribution in [0.2, 0.25) is 0 Å². The maximum absolute atomic E-state index is 5.47. The molecule has 0 spiro atoms. The van der Waals surface area contributed by atoms with Gasteiger partial charge in [0.1, 0.15) is 13.6 Å². The third kappa shape index (κ3) is 1.95. The van der Waals surface area contributed by atoms with Crippen LogP contribution in [0.5, 0.6) is 17.2 Å². The van der Waals surface area contributed by atoms with Crippen molar-refractivity contribution >= 4 is 6.21 Å². The third-order valence-corrected chi connectivity index (χ3v) is 3.04. The molecule has 0 N–H and O–H groups in total. The first-order valence-electron chi connectivity index (χ1n) is 5.58. The topological polar surface area (TPSA) is 30.7 Å². The second kappa shape index (κ2) is 4.65. The predicted molar refractivity (Wildman–Crippen MR) is 66.0 cm³/mol. The molecule has 0 bridgehead atoms. The Balaban J connectivity index is 2.66. The molecule has 0 saturated heterocycles. The van der Waals surface area contributed by atoms with Crippen molar-refractivity contribution < 1.29 is 18.8 Å². The van der Waals surface area contributed by atoms with E-state index in [1.54, 1.807) is 21.3 Å². The molecule has 1 aliphatic rings. The highest BCUT2D eigenvalue weighted by Gasteiger charge is 2.24. The first-order chi connectivity index (χ1) is 8.21. The second-order valence-corrected chi connectivity index (χ2v) is 4.07. The largest absolute Gasteiger partial charge is 0.493 e. The lowest BCUT2D eigenvalue weighted by Gasteiger charge is -2.19. The van der Waals surface area contributed by atoms with Crippen LogP contribution < -0.4 is 14.2 Å². The number of hydrogen-bond donors (Lipinski definition) is 0. The Bertz CT molecular complexity index is 466. The molecule has 0 atom stereocenters. The predicted octanol–water partition coefficient (Wildman–Crippen LogP) is 1.33. The monoisotopic (exact) mass is 236 g/mol. The summed E-state index contributed by atoms with van der Waals surface area (Å²) in [7, 11) is 6.99. The zero-order valence-electron chi connectivity index (χ0n) is 10.7. The van der Waals surface area contributed by atoms with Crippen molar-refractivity contribution in [2.45, 2.75) is 6.42 Å². The van der Waals surface area contributed by atoms with Crippen molar-refractivity contribution in [1.82, 2.24) is 0 Å². The van der Waals surface area contributed by atoms with Gasteiger partial charge in [-0.25, -0.2) is 4.58 Å². The van der Waals surface area contributed by atoms with Crippen LogP contribution in [0.15, 0.2) is 6.07 Å². The van der Waals surface area contributed by atoms with E-state index >= 15 is 0 Å². The molecule has 4 heteroatoms. The van der Waals surface area contributed by atoms with Gasteiger partial charge in [-0.3, -0.25) is 0 Å². The van der Waals surface area contributed by atoms with E-state index in [-0.39, 0.29) is 0 Å². The Kier molecular flexibility index (Phi) is 3.22. The van der Waals surface area contributed by atoms with E-state index in [0.29, 0.717) is 11.5 Å². The fourth-order valence-corrected chi connectivity index (χ4v) is 2.20. The van der Waals surface area contributed by atoms with Gasteiger partial charge in [-0.1, -0.05) is 0 Å². The smallest absolute Gasteiger partial charge is 0.203 e. The minimum Gasteiger partial charge on any atom is -0.493 e. The van der Waals surface area contributed by atoms with Crippen LogP contribution in [0.4, 0.5) is 0 Å². The van der Waals surface area contributed by atoms with Crippen LogP contribution in [0, 0.1) is 0 Å². The van der Waals surface area contributed by atoms with Gasteiger partial charge in [0.2, 0.25) is 5.75 Å². The van der Waals surface area contributed by atoms with Crippen molar-refractivity contribution in [2.75, 3.05) is 34.9 Å². The van der Waals surface area contributed by atoms with E-state index in [0.717, 1.165) is 24.3 Å². The number of fused-ring (bicyclic) bond motifs is 1. The van der Waals surface area contributed by atoms with Crippen LogP contribution in [0.25, 0.3) is 0 Å². The third-order valence-electron chi connectivity index (χ3n) is 3.04. The van der Waals surface area contributed by atoms with Crippen molar-refractivity contribution in [3.8, 4) is 17.2 Å². The summed E-state index contributed by atoms with van der Waals surface area (Å²) in [6.07, 6.45) is 3.05. The summed E-state index contributed by atoms with van der Waals surface area (Å²) in [6.45, 7) is 0.985. The minimum atomic E-state index is 0.673. The number of likely N-dealkylation sites (N-methyl/N-ethyl adjacent to an activating group) is 1. The molecule has 1 aromatic rings. The number of nitrogens with zero attached hydrogens (tertiary/aromatic N) is 1. The maximum atomic E-state index is 5.47. The number of ether oxygens (including phenoxy) is 3. The minimum absolute atomic E-state index is 0.673. The summed E-state index contributed by atoms with van der Waals surface area (Å²) in [5, 5.41) is 0. The van der Waals surface area contributed by atoms with E-state index in [2.05, 4.69) is 17.8 Å². The summed E-state index contributed by atoms with van der Waals surface area (Å²) in [5.74, 6) is 2.16. The quantitative estimate of drug-likeness (QED) is 0.742. The SMILES string of the molecule is COc1cc2c(c(OC)c1OC)CC[N+](C)=C2. The molecule has 92 valence electrons. The Morgan fingerprint density at radius 2 is 1.76 bits per heavy atom. The van der Waals surface area contributed by atoms with Gasteiger partial charge >= 0.3 is 0 Å². The number of hydrogen-bond acceptors (Lipinski definition) is 3. The fourth-order valence-electron chi connectivity index (χ4n) is 2.20. The molecule has 0 saturated carbocycles. The summed E-state index contributed by atoms with van der Waals surface area (Å²) in [6, 6.07) is 1.99. The van der Waals surface area contributed by atoms with Crippen molar-refractivity contribution in [3.63, 3.8) is 0 Å². The first kappa shape index (κ1) is 11.8. The van der Waals surface area contributed by atoms with Gasteiger partial charge in [0, 0.05) is 17.5 Å². The van der Waals surface area contributed by atoms with Crippen molar-refractivity contribution in [1.29, 1.82) is 0 Å². The van der Waals surface area contributed by atoms with Gasteiger partial charge in [0.25, 0.3) is 0 Å². The fraction of sp³-hybridized carbons (Fsp3) is 0.462. The average Bonchev–Trinajstić information content (AvgIpc) is 2.35. The first-order valence-corrected chi connectivity index (χ1v) is 5.58. The number of methoxy groups -OCH3 is 3. The van der Waals surface area contributed by atoms with E-state index in [1.165, 1.54) is 5.56 Å². The van der Waals surface area contributed by atoms with Gasteiger partial charge in [-0.15, -0.1) is 0 Å². The molecule has 0 amide bonds. The summed E-state index contributed by atoms with van der Waals surface area (Å²) in [4.78, 5) is 0. The zero-order chi connectivity index (χ0) is 12.4. The number of benzene rings is 1. The van der Waals surface area contributed by atoms with Crippen LogP contribution in [-0.4, -0.2) is 45.7 Å². The molecule has 0 fully saturated rings. The molecule has 0 aliphatic carbocycles. The lowest BCUT2D eigenvalue weighted by molar-refractivity contribution is -0.493. The zero-order valence-corrected chi connectivity index (χ0v) is 10.7. The second-order valence-electron chi connectivity index (χ2n) is 4.07. The van der Waals surface area contributed by atoms with Crippen LogP contribution in [-0.2, 0) is 6.42 Å². The summed E-state index contributed by atoms with van der Waals surface area (Å²) in [5.41, 5.74) is 2.32. The van der Waals surface area contributed by atoms with E-state index in [1.807, 2.05) is 6.07 Å². The molecule has 1 heterocycles. The highest BCUT2D eigenvalue weighted by atomic mass is 16.5. The maximum Gasteiger partial charge on any atom is 0.203 e. The van der Waals surface area contributed by atoms with E-state index < -0.39 is 0 Å². The van der Waals surface area contributed by atoms with E-state index in [4.69, 9.17) is 14.2 Å². The molecule has 4 nitrogen and oxygen atoms in total. The molecular formula is C13H18NO3+. The van der Waals surface area contributed by atoms with Gasteiger partial charge in [-0.05, 0) is 6.07 Å². The molecule has 0 aromatic heterocycles. The van der Waals surface area contributed by atoms with Gasteiger partial charge < -0.3 is 14.2 Å². The van der Waals surface area contributed by atoms with Crippen molar-refractivity contribution in [3.05, 3.63) is 17.2 Å². The molecule has 1 aliphatic heterocycles. The normalized spacial score (nSPS) is 13.8. The molecule has 17 heavy (non-hydrogen) atoms. The lowest BCUT2D eigenvalue weighted by Crippen LogP contribution is -2.19. The van der Waals surface area contributed by atoms with Gasteiger partial charge in [0.05, 0.1) is 21.3 Å². The average molecular weight is 236 g/mol. The van der Waals surface area contributed by atoms with Gasteiger partial charge in [-0.2, -0.15) is 0 Å². The van der Waals surface area contributed by atoms with Gasteiger partial charge in [0.15, 0.2) is 17.7 Å². The molecule has 0 unspecified atom stereocenters. The molecule has 1 aromatic carbocycles. The number of rotatable bonds is 3. The van der Waals surface area contributed by atoms with Crippen LogP contribution in [0.3, 0.4) is 0 Å². The highest BCUT2D eigenvalue weighted by Crippen LogP contribution is 2.42. The van der Waals surface area contributed by atoms with E-state index in [9.17, 15) is 0 Å². The Labute approximate surface area is 101 Å². The Hall–Kier alpha value is -1.71. The van der Waals surface area contributed by atoms with Crippen LogP contribution in [0.1, 0.15) is 11.1 Å². The van der Waals surface area contributed by atoms with Crippen molar-refractivity contribution in [2.24, 2.45) is 0 Å². The highest BCUT2D eigenvalue weighted by molar-refractivity contribution is 5.83. The summed E-state index contributed by atoms with van der Waals surface area (Å²) >= 11 is 0. The Morgan fingerprint density at radius 1 is 1.06 bits per heavy atom. The standard InChI is InChI=1S/C13H18NO3/c1-14-6-5-10-9(8-14)7-11(15-2)13(17-4)12(10)16-3/h7-8H,5-6H2,1-4H3/q+1. The molecule has 2 rings (SSSR count). The molecule has 0 radical (unpaired) electrons. The summed E-state index contributed by atoms with van der Waals surface area (Å²) < 4.78 is 18.3. The van der Waals surface area contributed by atoms with Crippen LogP contribution >= 0.6 is 0 Å². The lowest BCUT2D eigenvalue weighted by atomic mass is 10.00. The Morgan fingerprint density at radius 3 is 2.35 bits per heavy atom.